The van der Waals surface area contributed by atoms with Crippen LogP contribution in [-0.4, -0.2) is 53.8 Å². The van der Waals surface area contributed by atoms with Crippen molar-refractivity contribution in [2.75, 3.05) is 19.8 Å². The molecular formula is C17H20Cl2N2O9. The van der Waals surface area contributed by atoms with Crippen LogP contribution in [-0.2, 0) is 23.7 Å². The SMILES string of the molecule is CCOC(=O)OC[C@H](NC(=O)C(Cl)Cl)[C@H](OC(=O)OCC)c1ccc([N+](=O)[O-])cc1. The molecule has 13 heteroatoms. The Morgan fingerprint density at radius 3 is 2.10 bits per heavy atom. The zero-order valence-electron chi connectivity index (χ0n) is 16.0. The van der Waals surface area contributed by atoms with E-state index >= 15 is 0 Å². The number of carbonyl (C=O) groups excluding carboxylic acids is 3. The topological polar surface area (TPSA) is 143 Å². The number of rotatable bonds is 10. The minimum absolute atomic E-state index is 0.00754. The molecule has 0 fully saturated rings. The first-order valence-electron chi connectivity index (χ1n) is 8.65. The lowest BCUT2D eigenvalue weighted by Crippen LogP contribution is -2.46. The maximum atomic E-state index is 12.0. The molecule has 11 nitrogen and oxygen atoms in total. The summed E-state index contributed by atoms with van der Waals surface area (Å²) in [5.74, 6) is -0.852. The van der Waals surface area contributed by atoms with Gasteiger partial charge in [-0.25, -0.2) is 9.59 Å². The van der Waals surface area contributed by atoms with Crippen LogP contribution in [0.3, 0.4) is 0 Å². The van der Waals surface area contributed by atoms with Crippen LogP contribution in [0.2, 0.25) is 0 Å². The summed E-state index contributed by atoms with van der Waals surface area (Å²) in [5, 5.41) is 13.3. The normalized spacial score (nSPS) is 12.4. The van der Waals surface area contributed by atoms with E-state index < -0.39 is 46.7 Å². The van der Waals surface area contributed by atoms with Crippen LogP contribution in [0.25, 0.3) is 0 Å². The van der Waals surface area contributed by atoms with Crippen LogP contribution in [0.5, 0.6) is 0 Å². The third-order valence-corrected chi connectivity index (χ3v) is 3.85. The fourth-order valence-electron chi connectivity index (χ4n) is 2.19. The Labute approximate surface area is 181 Å². The molecule has 0 radical (unpaired) electrons. The minimum atomic E-state index is -1.46. The number of halogens is 2. The van der Waals surface area contributed by atoms with Crippen LogP contribution < -0.4 is 5.32 Å². The highest BCUT2D eigenvalue weighted by molar-refractivity contribution is 6.53. The lowest BCUT2D eigenvalue weighted by atomic mass is 10.0. The predicted molar refractivity (Wildman–Crippen MR) is 104 cm³/mol. The van der Waals surface area contributed by atoms with Gasteiger partial charge in [0.05, 0.1) is 18.1 Å². The Morgan fingerprint density at radius 1 is 1.03 bits per heavy atom. The predicted octanol–water partition coefficient (Wildman–Crippen LogP) is 3.27. The highest BCUT2D eigenvalue weighted by atomic mass is 35.5. The van der Waals surface area contributed by atoms with Crippen LogP contribution in [0.1, 0.15) is 25.5 Å². The average Bonchev–Trinajstić information content (AvgIpc) is 2.69. The maximum Gasteiger partial charge on any atom is 0.508 e. The Kier molecular flexibility index (Phi) is 10.7. The molecule has 0 aromatic heterocycles. The van der Waals surface area contributed by atoms with Crippen molar-refractivity contribution in [1.29, 1.82) is 0 Å². The van der Waals surface area contributed by atoms with Crippen LogP contribution in [0.15, 0.2) is 24.3 Å². The summed E-state index contributed by atoms with van der Waals surface area (Å²) in [6.07, 6.45) is -3.37. The Balaban J connectivity index is 3.22. The first kappa shape index (κ1) is 25.2. The van der Waals surface area contributed by atoms with Crippen molar-refractivity contribution in [1.82, 2.24) is 5.32 Å². The zero-order valence-corrected chi connectivity index (χ0v) is 17.6. The number of carbonyl (C=O) groups is 3. The number of ether oxygens (including phenoxy) is 4. The van der Waals surface area contributed by atoms with Crippen molar-refractivity contribution in [2.24, 2.45) is 0 Å². The molecule has 0 unspecified atom stereocenters. The second-order valence-electron chi connectivity index (χ2n) is 5.48. The molecule has 0 saturated carbocycles. The molecule has 0 aliphatic rings. The Hall–Kier alpha value is -2.79. The van der Waals surface area contributed by atoms with Gasteiger partial charge in [-0.1, -0.05) is 23.2 Å². The van der Waals surface area contributed by atoms with E-state index in [1.807, 2.05) is 0 Å². The smallest absolute Gasteiger partial charge is 0.435 e. The quantitative estimate of drug-likeness (QED) is 0.237. The van der Waals surface area contributed by atoms with Crippen molar-refractivity contribution < 1.29 is 38.3 Å². The number of nitro groups is 1. The fourth-order valence-corrected chi connectivity index (χ4v) is 2.32. The molecule has 2 atom stereocenters. The Bertz CT molecular complexity index is 743. The number of non-ortho nitro benzene ring substituents is 1. The van der Waals surface area contributed by atoms with Crippen molar-refractivity contribution >= 4 is 47.1 Å². The van der Waals surface area contributed by atoms with Gasteiger partial charge < -0.3 is 24.3 Å². The first-order chi connectivity index (χ1) is 14.2. The molecule has 166 valence electrons. The van der Waals surface area contributed by atoms with Crippen molar-refractivity contribution in [3.8, 4) is 0 Å². The number of amides is 1. The third-order valence-electron chi connectivity index (χ3n) is 3.45. The molecule has 0 bridgehead atoms. The zero-order chi connectivity index (χ0) is 22.7. The summed E-state index contributed by atoms with van der Waals surface area (Å²) >= 11 is 11.1. The van der Waals surface area contributed by atoms with Crippen molar-refractivity contribution in [2.45, 2.75) is 30.8 Å². The van der Waals surface area contributed by atoms with E-state index in [-0.39, 0.29) is 24.5 Å². The highest BCUT2D eigenvalue weighted by Crippen LogP contribution is 2.25. The van der Waals surface area contributed by atoms with Gasteiger partial charge in [0.15, 0.2) is 10.9 Å². The van der Waals surface area contributed by atoms with Gasteiger partial charge in [-0.05, 0) is 31.5 Å². The molecule has 1 aromatic carbocycles. The van der Waals surface area contributed by atoms with E-state index in [0.717, 1.165) is 0 Å². The maximum absolute atomic E-state index is 12.0. The number of nitrogens with zero attached hydrogens (tertiary/aromatic N) is 1. The van der Waals surface area contributed by atoms with Gasteiger partial charge in [0.2, 0.25) is 0 Å². The third kappa shape index (κ3) is 8.29. The number of alkyl halides is 2. The second kappa shape index (κ2) is 12.7. The monoisotopic (exact) mass is 466 g/mol. The van der Waals surface area contributed by atoms with E-state index in [0.29, 0.717) is 0 Å². The second-order valence-corrected chi connectivity index (χ2v) is 6.58. The van der Waals surface area contributed by atoms with Crippen molar-refractivity contribution in [3.63, 3.8) is 0 Å². The summed E-state index contributed by atoms with van der Waals surface area (Å²) in [6, 6.07) is 3.80. The summed E-state index contributed by atoms with van der Waals surface area (Å²) < 4.78 is 19.6. The number of hydrogen-bond acceptors (Lipinski definition) is 9. The lowest BCUT2D eigenvalue weighted by molar-refractivity contribution is -0.384. The van der Waals surface area contributed by atoms with Crippen LogP contribution in [0.4, 0.5) is 15.3 Å². The summed E-state index contributed by atoms with van der Waals surface area (Å²) in [7, 11) is 0. The number of nitro benzene ring substituents is 1. The summed E-state index contributed by atoms with van der Waals surface area (Å²) in [4.78, 5) is 44.3. The summed E-state index contributed by atoms with van der Waals surface area (Å²) in [6.45, 7) is 2.68. The Morgan fingerprint density at radius 2 is 1.60 bits per heavy atom. The molecular weight excluding hydrogens is 447 g/mol. The first-order valence-corrected chi connectivity index (χ1v) is 9.52. The lowest BCUT2D eigenvalue weighted by Gasteiger charge is -2.27. The number of hydrogen-bond donors (Lipinski definition) is 1. The number of benzene rings is 1. The van der Waals surface area contributed by atoms with Crippen LogP contribution >= 0.6 is 23.2 Å². The van der Waals surface area contributed by atoms with E-state index in [1.54, 1.807) is 13.8 Å². The molecule has 0 saturated heterocycles. The van der Waals surface area contributed by atoms with E-state index in [1.165, 1.54) is 24.3 Å². The molecule has 1 N–H and O–H groups in total. The largest absolute Gasteiger partial charge is 0.508 e. The van der Waals surface area contributed by atoms with Crippen molar-refractivity contribution in [3.05, 3.63) is 39.9 Å². The molecule has 0 aliphatic carbocycles. The van der Waals surface area contributed by atoms with Gasteiger partial charge in [-0.2, -0.15) is 0 Å². The number of nitrogens with one attached hydrogen (secondary N) is 1. The van der Waals surface area contributed by atoms with E-state index in [4.69, 9.17) is 37.4 Å². The summed E-state index contributed by atoms with van der Waals surface area (Å²) in [5.41, 5.74) is 0.0330. The molecule has 1 amide bonds. The fraction of sp³-hybridized carbons (Fsp3) is 0.471. The van der Waals surface area contributed by atoms with Gasteiger partial charge in [0.25, 0.3) is 11.6 Å². The molecule has 0 heterocycles. The molecule has 1 rings (SSSR count). The minimum Gasteiger partial charge on any atom is -0.435 e. The average molecular weight is 467 g/mol. The molecule has 0 aliphatic heterocycles. The van der Waals surface area contributed by atoms with E-state index in [9.17, 15) is 24.5 Å². The highest BCUT2D eigenvalue weighted by Gasteiger charge is 2.32. The van der Waals surface area contributed by atoms with Gasteiger partial charge in [-0.3, -0.25) is 14.9 Å². The molecule has 30 heavy (non-hydrogen) atoms. The van der Waals surface area contributed by atoms with Gasteiger partial charge in [0, 0.05) is 12.1 Å². The van der Waals surface area contributed by atoms with Gasteiger partial charge >= 0.3 is 12.3 Å². The standard InChI is InChI=1S/C17H20Cl2N2O9/c1-3-27-16(23)29-9-12(20-15(22)14(18)19)13(30-17(24)28-4-2)10-5-7-11(8-6-10)21(25)26/h5-8,12-14H,3-4,9H2,1-2H3,(H,20,22)/t12-,13+/m0/s1. The van der Waals surface area contributed by atoms with Crippen LogP contribution in [0, 0.1) is 10.1 Å². The molecule has 1 aromatic rings. The van der Waals surface area contributed by atoms with E-state index in [2.05, 4.69) is 10.1 Å². The van der Waals surface area contributed by atoms with Gasteiger partial charge in [0.1, 0.15) is 12.6 Å². The van der Waals surface area contributed by atoms with Gasteiger partial charge in [-0.15, -0.1) is 0 Å². The molecule has 0 spiro atoms.